The van der Waals surface area contributed by atoms with Crippen LogP contribution in [0.1, 0.15) is 50.2 Å². The zero-order valence-corrected chi connectivity index (χ0v) is 18.0. The fourth-order valence-corrected chi connectivity index (χ4v) is 3.28. The van der Waals surface area contributed by atoms with Crippen LogP contribution in [-0.4, -0.2) is 38.7 Å². The Balaban J connectivity index is 1.72. The van der Waals surface area contributed by atoms with Crippen molar-refractivity contribution in [2.45, 2.75) is 47.6 Å². The predicted molar refractivity (Wildman–Crippen MR) is 108 cm³/mol. The highest BCUT2D eigenvalue weighted by molar-refractivity contribution is 5.90. The summed E-state index contributed by atoms with van der Waals surface area (Å²) in [5.74, 6) is 0.763. The number of ether oxygens (including phenoxy) is 1. The van der Waals surface area contributed by atoms with Gasteiger partial charge in [0.05, 0.1) is 25.8 Å². The van der Waals surface area contributed by atoms with Crippen molar-refractivity contribution in [1.29, 1.82) is 0 Å². The molecule has 0 unspecified atom stereocenters. The number of nitrogens with zero attached hydrogens (tertiary/aromatic N) is 4. The first kappa shape index (κ1) is 21.2. The first-order chi connectivity index (χ1) is 14.2. The maximum absolute atomic E-state index is 12.5. The smallest absolute Gasteiger partial charge is 0.341 e. The molecule has 3 heterocycles. The van der Waals surface area contributed by atoms with Crippen LogP contribution in [0.15, 0.2) is 16.5 Å². The molecule has 3 rings (SSSR count). The molecule has 0 aliphatic heterocycles. The number of carbonyl (C=O) groups is 2. The van der Waals surface area contributed by atoms with Crippen LogP contribution in [0, 0.1) is 34.6 Å². The van der Waals surface area contributed by atoms with E-state index in [0.717, 1.165) is 28.3 Å². The highest BCUT2D eigenvalue weighted by Crippen LogP contribution is 2.18. The Hall–Kier alpha value is -3.49. The average Bonchev–Trinajstić information content (AvgIpc) is 3.19. The minimum Gasteiger partial charge on any atom is -0.465 e. The van der Waals surface area contributed by atoms with Gasteiger partial charge in [-0.2, -0.15) is 5.10 Å². The topological polar surface area (TPSA) is 112 Å². The molecule has 30 heavy (non-hydrogen) atoms. The van der Waals surface area contributed by atoms with Gasteiger partial charge in [-0.25, -0.2) is 19.4 Å². The van der Waals surface area contributed by atoms with E-state index < -0.39 is 5.97 Å². The van der Waals surface area contributed by atoms with Crippen molar-refractivity contribution in [3.63, 3.8) is 0 Å². The molecule has 158 valence electrons. The first-order valence-corrected chi connectivity index (χ1v) is 9.51. The van der Waals surface area contributed by atoms with Gasteiger partial charge in [0.25, 0.3) is 5.95 Å². The molecule has 0 aliphatic carbocycles. The molecule has 3 aromatic heterocycles. The predicted octanol–water partition coefficient (Wildman–Crippen LogP) is 2.44. The maximum atomic E-state index is 12.5. The third-order valence-electron chi connectivity index (χ3n) is 4.77. The summed E-state index contributed by atoms with van der Waals surface area (Å²) in [6.45, 7) is 9.40. The summed E-state index contributed by atoms with van der Waals surface area (Å²) >= 11 is 0. The number of hydrogen-bond acceptors (Lipinski definition) is 7. The van der Waals surface area contributed by atoms with Crippen molar-refractivity contribution in [3.8, 4) is 5.95 Å². The van der Waals surface area contributed by atoms with Gasteiger partial charge in [-0.3, -0.25) is 4.79 Å². The third-order valence-corrected chi connectivity index (χ3v) is 4.77. The Labute approximate surface area is 174 Å². The molecule has 0 radical (unpaired) electrons. The number of furan rings is 1. The van der Waals surface area contributed by atoms with Gasteiger partial charge in [0.1, 0.15) is 17.1 Å². The Morgan fingerprint density at radius 3 is 2.40 bits per heavy atom. The van der Waals surface area contributed by atoms with Crippen molar-refractivity contribution in [1.82, 2.24) is 25.1 Å². The number of nitrogens with one attached hydrogen (secondary N) is 1. The van der Waals surface area contributed by atoms with Gasteiger partial charge in [-0.15, -0.1) is 0 Å². The van der Waals surface area contributed by atoms with E-state index in [1.165, 1.54) is 7.11 Å². The molecule has 0 atom stereocenters. The lowest BCUT2D eigenvalue weighted by Gasteiger charge is -2.06. The second-order valence-electron chi connectivity index (χ2n) is 7.14. The third kappa shape index (κ3) is 4.40. The first-order valence-electron chi connectivity index (χ1n) is 9.51. The molecule has 1 N–H and O–H groups in total. The van der Waals surface area contributed by atoms with Crippen LogP contribution in [0.25, 0.3) is 5.95 Å². The number of hydrogen-bond donors (Lipinski definition) is 1. The van der Waals surface area contributed by atoms with Crippen LogP contribution in [0.2, 0.25) is 0 Å². The summed E-state index contributed by atoms with van der Waals surface area (Å²) in [7, 11) is 1.31. The molecule has 0 aliphatic rings. The number of amides is 1. The zero-order chi connectivity index (χ0) is 22.0. The lowest BCUT2D eigenvalue weighted by molar-refractivity contribution is -0.120. The van der Waals surface area contributed by atoms with Gasteiger partial charge < -0.3 is 14.5 Å². The van der Waals surface area contributed by atoms with Gasteiger partial charge in [-0.1, -0.05) is 0 Å². The second kappa shape index (κ2) is 8.48. The maximum Gasteiger partial charge on any atom is 0.341 e. The minimum atomic E-state index is -0.471. The molecule has 0 spiro atoms. The van der Waals surface area contributed by atoms with E-state index in [1.807, 2.05) is 33.8 Å². The number of methoxy groups -OCH3 is 1. The van der Waals surface area contributed by atoms with Crippen LogP contribution in [0.4, 0.5) is 0 Å². The largest absolute Gasteiger partial charge is 0.465 e. The van der Waals surface area contributed by atoms with E-state index in [4.69, 9.17) is 9.15 Å². The van der Waals surface area contributed by atoms with E-state index in [1.54, 1.807) is 17.7 Å². The number of esters is 1. The summed E-state index contributed by atoms with van der Waals surface area (Å²) in [6, 6.07) is 3.47. The van der Waals surface area contributed by atoms with Crippen molar-refractivity contribution < 1.29 is 18.7 Å². The number of aryl methyl sites for hydroxylation is 4. The highest BCUT2D eigenvalue weighted by atomic mass is 16.5. The van der Waals surface area contributed by atoms with Gasteiger partial charge in [-0.05, 0) is 46.8 Å². The van der Waals surface area contributed by atoms with Crippen LogP contribution in [0.3, 0.4) is 0 Å². The zero-order valence-electron chi connectivity index (χ0n) is 18.0. The van der Waals surface area contributed by atoms with Gasteiger partial charge in [0.2, 0.25) is 5.91 Å². The van der Waals surface area contributed by atoms with Gasteiger partial charge in [0, 0.05) is 22.6 Å². The molecule has 0 fully saturated rings. The summed E-state index contributed by atoms with van der Waals surface area (Å²) < 4.78 is 11.9. The summed E-state index contributed by atoms with van der Waals surface area (Å²) in [5, 5.41) is 7.33. The fourth-order valence-electron chi connectivity index (χ4n) is 3.28. The van der Waals surface area contributed by atoms with Crippen LogP contribution >= 0.6 is 0 Å². The standard InChI is InChI=1S/C21H25N5O4/c1-11-7-12(2)24-21(23-11)26-14(4)17(13(3)25-26)9-19(27)22-10-16-8-18(15(5)30-16)20(28)29-6/h7-8H,9-10H2,1-6H3,(H,22,27). The van der Waals surface area contributed by atoms with E-state index in [2.05, 4.69) is 20.4 Å². The number of aromatic nitrogens is 4. The Bertz CT molecular complexity index is 1090. The lowest BCUT2D eigenvalue weighted by Crippen LogP contribution is -2.24. The van der Waals surface area contributed by atoms with Crippen molar-refractivity contribution in [2.24, 2.45) is 0 Å². The van der Waals surface area contributed by atoms with Crippen molar-refractivity contribution in [3.05, 3.63) is 57.6 Å². The Morgan fingerprint density at radius 1 is 1.10 bits per heavy atom. The van der Waals surface area contributed by atoms with Gasteiger partial charge in [0.15, 0.2) is 0 Å². The molecule has 0 bridgehead atoms. The van der Waals surface area contributed by atoms with E-state index >= 15 is 0 Å². The van der Waals surface area contributed by atoms with Crippen LogP contribution < -0.4 is 5.32 Å². The monoisotopic (exact) mass is 411 g/mol. The lowest BCUT2D eigenvalue weighted by atomic mass is 10.1. The normalized spacial score (nSPS) is 10.9. The Kier molecular flexibility index (Phi) is 6.00. The molecule has 0 saturated heterocycles. The van der Waals surface area contributed by atoms with Crippen LogP contribution in [0.5, 0.6) is 0 Å². The van der Waals surface area contributed by atoms with E-state index in [-0.39, 0.29) is 18.9 Å². The molecule has 0 aromatic carbocycles. The van der Waals surface area contributed by atoms with Crippen molar-refractivity contribution in [2.75, 3.05) is 7.11 Å². The number of rotatable bonds is 6. The molecule has 9 heteroatoms. The summed E-state index contributed by atoms with van der Waals surface area (Å²) in [4.78, 5) is 33.1. The quantitative estimate of drug-likeness (QED) is 0.620. The SMILES string of the molecule is COC(=O)c1cc(CNC(=O)Cc2c(C)nn(-c3nc(C)cc(C)n3)c2C)oc1C. The Morgan fingerprint density at radius 2 is 1.77 bits per heavy atom. The van der Waals surface area contributed by atoms with Crippen LogP contribution in [-0.2, 0) is 22.5 Å². The minimum absolute atomic E-state index is 0.159. The molecule has 0 saturated carbocycles. The molecular formula is C21H25N5O4. The fraction of sp³-hybridized carbons (Fsp3) is 0.381. The summed E-state index contributed by atoms with van der Waals surface area (Å²) in [6.07, 6.45) is 0.159. The van der Waals surface area contributed by atoms with E-state index in [0.29, 0.717) is 23.0 Å². The van der Waals surface area contributed by atoms with Gasteiger partial charge >= 0.3 is 5.97 Å². The highest BCUT2D eigenvalue weighted by Gasteiger charge is 2.19. The second-order valence-corrected chi connectivity index (χ2v) is 7.14. The molecule has 3 aromatic rings. The number of carbonyl (C=O) groups excluding carboxylic acids is 2. The van der Waals surface area contributed by atoms with Crippen molar-refractivity contribution >= 4 is 11.9 Å². The summed E-state index contributed by atoms with van der Waals surface area (Å²) in [5.41, 5.74) is 4.43. The average molecular weight is 411 g/mol. The molecule has 9 nitrogen and oxygen atoms in total. The molecule has 1 amide bonds. The van der Waals surface area contributed by atoms with E-state index in [9.17, 15) is 9.59 Å². The molecular weight excluding hydrogens is 386 g/mol.